The number of nitrogens with one attached hydrogen (secondary N) is 1. The molecule has 1 aromatic heterocycles. The van der Waals surface area contributed by atoms with E-state index in [-0.39, 0.29) is 24.1 Å². The first kappa shape index (κ1) is 20.5. The van der Waals surface area contributed by atoms with E-state index in [1.165, 1.54) is 23.1 Å². The summed E-state index contributed by atoms with van der Waals surface area (Å²) < 4.78 is 5.73. The third kappa shape index (κ3) is 6.82. The Hall–Kier alpha value is -1.83. The number of Topliss-reactive ketones (excluding diaryl/α,β-unsaturated/α-hetero) is 1. The highest BCUT2D eigenvalue weighted by Crippen LogP contribution is 2.25. The lowest BCUT2D eigenvalue weighted by Crippen LogP contribution is -2.15. The van der Waals surface area contributed by atoms with Gasteiger partial charge in [0.2, 0.25) is 5.91 Å². The van der Waals surface area contributed by atoms with Crippen LogP contribution in [0.1, 0.15) is 28.6 Å². The van der Waals surface area contributed by atoms with Crippen LogP contribution < -0.4 is 5.32 Å². The second-order valence-electron chi connectivity index (χ2n) is 5.26. The minimum atomic E-state index is -0.433. The number of carbonyl (C=O) groups excluding carboxylic acids is 3. The molecule has 1 aromatic carbocycles. The molecule has 2 aromatic rings. The van der Waals surface area contributed by atoms with Gasteiger partial charge in [-0.05, 0) is 36.4 Å². The molecule has 0 fully saturated rings. The zero-order valence-corrected chi connectivity index (χ0v) is 16.5. The van der Waals surface area contributed by atoms with Crippen LogP contribution in [0.5, 0.6) is 0 Å². The van der Waals surface area contributed by atoms with Gasteiger partial charge in [-0.3, -0.25) is 14.4 Å². The van der Waals surface area contributed by atoms with Crippen molar-refractivity contribution in [1.82, 2.24) is 0 Å². The molecule has 0 aliphatic carbocycles. The molecule has 0 saturated carbocycles. The highest BCUT2D eigenvalue weighted by atomic mass is 35.5. The van der Waals surface area contributed by atoms with Crippen LogP contribution in [0.15, 0.2) is 36.4 Å². The largest absolute Gasteiger partial charge is 0.457 e. The zero-order valence-electron chi connectivity index (χ0n) is 14.1. The second kappa shape index (κ2) is 10.4. The minimum Gasteiger partial charge on any atom is -0.457 e. The molecule has 138 valence electrons. The Morgan fingerprint density at radius 2 is 1.88 bits per heavy atom. The van der Waals surface area contributed by atoms with Gasteiger partial charge in [-0.25, -0.2) is 0 Å². The maximum absolute atomic E-state index is 12.1. The Bertz CT molecular complexity index is 774. The molecule has 0 aliphatic heterocycles. The Labute approximate surface area is 165 Å². The molecule has 0 aliphatic rings. The molecule has 0 atom stereocenters. The van der Waals surface area contributed by atoms with Crippen LogP contribution in [0.25, 0.3) is 0 Å². The number of benzene rings is 1. The topological polar surface area (TPSA) is 72.5 Å². The van der Waals surface area contributed by atoms with Crippen molar-refractivity contribution in [3.8, 4) is 0 Å². The summed E-state index contributed by atoms with van der Waals surface area (Å²) in [5, 5.41) is 2.70. The number of anilines is 1. The number of hydrogen-bond acceptors (Lipinski definition) is 6. The molecule has 1 N–H and O–H groups in total. The number of hydrogen-bond donors (Lipinski definition) is 1. The van der Waals surface area contributed by atoms with Crippen LogP contribution >= 0.6 is 34.7 Å². The number of thiophene rings is 1. The summed E-state index contributed by atoms with van der Waals surface area (Å²) in [6.07, 6.45) is 0.383. The van der Waals surface area contributed by atoms with Gasteiger partial charge in [0.05, 0.1) is 10.1 Å². The molecule has 8 heteroatoms. The first-order valence-electron chi connectivity index (χ1n) is 7.88. The van der Waals surface area contributed by atoms with Crippen LogP contribution in [-0.2, 0) is 20.1 Å². The molecule has 26 heavy (non-hydrogen) atoms. The number of rotatable bonds is 9. The van der Waals surface area contributed by atoms with Gasteiger partial charge in [-0.2, -0.15) is 0 Å². The quantitative estimate of drug-likeness (QED) is 0.488. The predicted molar refractivity (Wildman–Crippen MR) is 106 cm³/mol. The zero-order chi connectivity index (χ0) is 18.9. The number of esters is 1. The summed E-state index contributed by atoms with van der Waals surface area (Å²) in [4.78, 5) is 36.2. The van der Waals surface area contributed by atoms with E-state index in [0.29, 0.717) is 27.8 Å². The number of ketones is 1. The van der Waals surface area contributed by atoms with Crippen LogP contribution in [0.4, 0.5) is 5.69 Å². The Morgan fingerprint density at radius 3 is 2.50 bits per heavy atom. The maximum Gasteiger partial charge on any atom is 0.316 e. The first-order valence-corrected chi connectivity index (χ1v) is 10.2. The van der Waals surface area contributed by atoms with Crippen molar-refractivity contribution in [2.75, 3.05) is 17.7 Å². The van der Waals surface area contributed by atoms with Gasteiger partial charge >= 0.3 is 5.97 Å². The average Bonchev–Trinajstić information content (AvgIpc) is 3.05. The molecule has 0 saturated heterocycles. The molecule has 2 rings (SSSR count). The van der Waals surface area contributed by atoms with Crippen molar-refractivity contribution in [2.24, 2.45) is 0 Å². The molecular formula is C18H18ClNO4S2. The smallest absolute Gasteiger partial charge is 0.316 e. The van der Waals surface area contributed by atoms with Crippen LogP contribution in [0.2, 0.25) is 4.34 Å². The molecule has 0 bridgehead atoms. The Balaban J connectivity index is 1.71. The summed E-state index contributed by atoms with van der Waals surface area (Å²) >= 11 is 8.73. The summed E-state index contributed by atoms with van der Waals surface area (Å²) in [5.41, 5.74) is 1.05. The maximum atomic E-state index is 12.1. The van der Waals surface area contributed by atoms with Crippen molar-refractivity contribution in [3.05, 3.63) is 51.2 Å². The standard InChI is InChI=1S/C18H18ClNO4S2/c1-2-17(22)20-13-5-3-12(4-6-13)15(21)9-24-18(23)11-25-10-14-7-8-16(19)26-14/h3-8H,2,9-11H2,1H3,(H,20,22). The van der Waals surface area contributed by atoms with E-state index in [2.05, 4.69) is 5.32 Å². The third-order valence-corrected chi connectivity index (χ3v) is 5.64. The van der Waals surface area contributed by atoms with Crippen molar-refractivity contribution in [3.63, 3.8) is 0 Å². The van der Waals surface area contributed by atoms with Crippen LogP contribution in [0.3, 0.4) is 0 Å². The molecule has 1 amide bonds. The fourth-order valence-corrected chi connectivity index (χ4v) is 3.94. The van der Waals surface area contributed by atoms with Gasteiger partial charge in [0.25, 0.3) is 0 Å². The van der Waals surface area contributed by atoms with Crippen LogP contribution in [0, 0.1) is 0 Å². The summed E-state index contributed by atoms with van der Waals surface area (Å²) in [5.74, 6) is 0.0239. The second-order valence-corrected chi connectivity index (χ2v) is 8.05. The molecule has 1 heterocycles. The first-order chi connectivity index (χ1) is 12.5. The number of halogens is 1. The average molecular weight is 412 g/mol. The van der Waals surface area contributed by atoms with Gasteiger partial charge < -0.3 is 10.1 Å². The molecule has 0 spiro atoms. The van der Waals surface area contributed by atoms with E-state index in [4.69, 9.17) is 16.3 Å². The molecule has 0 radical (unpaired) electrons. The highest BCUT2D eigenvalue weighted by Gasteiger charge is 2.11. The number of carbonyl (C=O) groups is 3. The summed E-state index contributed by atoms with van der Waals surface area (Å²) in [7, 11) is 0. The number of amides is 1. The lowest BCUT2D eigenvalue weighted by Gasteiger charge is -2.06. The number of thioether (sulfide) groups is 1. The monoisotopic (exact) mass is 411 g/mol. The molecule has 5 nitrogen and oxygen atoms in total. The van der Waals surface area contributed by atoms with Crippen molar-refractivity contribution in [1.29, 1.82) is 0 Å². The van der Waals surface area contributed by atoms with Gasteiger partial charge in [-0.15, -0.1) is 23.1 Å². The van der Waals surface area contributed by atoms with E-state index in [9.17, 15) is 14.4 Å². The minimum absolute atomic E-state index is 0.0969. The highest BCUT2D eigenvalue weighted by molar-refractivity contribution is 7.99. The lowest BCUT2D eigenvalue weighted by molar-refractivity contribution is -0.139. The summed E-state index contributed by atoms with van der Waals surface area (Å²) in [6, 6.07) is 10.2. The molecular weight excluding hydrogens is 394 g/mol. The fraction of sp³-hybridized carbons (Fsp3) is 0.278. The van der Waals surface area contributed by atoms with Gasteiger partial charge in [0.15, 0.2) is 12.4 Å². The fourth-order valence-electron chi connectivity index (χ4n) is 1.92. The lowest BCUT2D eigenvalue weighted by atomic mass is 10.1. The van der Waals surface area contributed by atoms with Crippen molar-refractivity contribution < 1.29 is 19.1 Å². The third-order valence-electron chi connectivity index (χ3n) is 3.27. The van der Waals surface area contributed by atoms with E-state index < -0.39 is 5.97 Å². The van der Waals surface area contributed by atoms with E-state index in [1.54, 1.807) is 31.2 Å². The predicted octanol–water partition coefficient (Wildman–Crippen LogP) is 4.41. The summed E-state index contributed by atoms with van der Waals surface area (Å²) in [6.45, 7) is 1.46. The van der Waals surface area contributed by atoms with Crippen LogP contribution in [-0.4, -0.2) is 30.0 Å². The SMILES string of the molecule is CCC(=O)Nc1ccc(C(=O)COC(=O)CSCc2ccc(Cl)s2)cc1. The van der Waals surface area contributed by atoms with Crippen molar-refractivity contribution in [2.45, 2.75) is 19.1 Å². The normalized spacial score (nSPS) is 10.4. The van der Waals surface area contributed by atoms with Gasteiger partial charge in [0.1, 0.15) is 0 Å². The van der Waals surface area contributed by atoms with Gasteiger partial charge in [0, 0.05) is 28.3 Å². The Morgan fingerprint density at radius 1 is 1.15 bits per heavy atom. The Kier molecular flexibility index (Phi) is 8.15. The van der Waals surface area contributed by atoms with E-state index in [0.717, 1.165) is 4.88 Å². The van der Waals surface area contributed by atoms with Crippen molar-refractivity contribution >= 4 is 58.0 Å². The molecule has 0 unspecified atom stereocenters. The van der Waals surface area contributed by atoms with Gasteiger partial charge in [-0.1, -0.05) is 18.5 Å². The van der Waals surface area contributed by atoms with E-state index >= 15 is 0 Å². The van der Waals surface area contributed by atoms with E-state index in [1.807, 2.05) is 12.1 Å². The number of ether oxygens (including phenoxy) is 1.